The van der Waals surface area contributed by atoms with E-state index in [1.807, 2.05) is 13.1 Å². The summed E-state index contributed by atoms with van der Waals surface area (Å²) in [5, 5.41) is 0. The third-order valence-electron chi connectivity index (χ3n) is 4.71. The van der Waals surface area contributed by atoms with E-state index < -0.39 is 0 Å². The zero-order chi connectivity index (χ0) is 16.8. The number of allylic oxidation sites excluding steroid dienone is 2. The average Bonchev–Trinajstić information content (AvgIpc) is 3.00. The molecule has 0 aromatic rings. The number of nitrogens with two attached hydrogens (primary N) is 1. The zero-order valence-electron chi connectivity index (χ0n) is 15.6. The second kappa shape index (κ2) is 13.7. The molecule has 3 heteroatoms. The van der Waals surface area contributed by atoms with Gasteiger partial charge in [-0.25, -0.2) is 0 Å². The maximum Gasteiger partial charge on any atom is 0.103 e. The van der Waals surface area contributed by atoms with Crippen LogP contribution < -0.4 is 5.73 Å². The van der Waals surface area contributed by atoms with Gasteiger partial charge in [0, 0.05) is 12.8 Å². The molecule has 0 saturated carbocycles. The van der Waals surface area contributed by atoms with Crippen LogP contribution in [-0.2, 0) is 0 Å². The van der Waals surface area contributed by atoms with Crippen molar-refractivity contribution in [3.8, 4) is 0 Å². The molecule has 0 aromatic heterocycles. The fourth-order valence-electron chi connectivity index (χ4n) is 3.20. The van der Waals surface area contributed by atoms with E-state index in [-0.39, 0.29) is 6.17 Å². The maximum absolute atomic E-state index is 5.96. The molecule has 134 valence electrons. The van der Waals surface area contributed by atoms with Gasteiger partial charge in [0.2, 0.25) is 0 Å². The highest BCUT2D eigenvalue weighted by atomic mass is 15.3. The summed E-state index contributed by atoms with van der Waals surface area (Å²) in [5.74, 6) is 0. The van der Waals surface area contributed by atoms with Crippen LogP contribution in [0.5, 0.6) is 0 Å². The van der Waals surface area contributed by atoms with Crippen molar-refractivity contribution >= 4 is 6.21 Å². The molecule has 1 rings (SSSR count). The quantitative estimate of drug-likeness (QED) is 0.350. The van der Waals surface area contributed by atoms with E-state index in [1.165, 1.54) is 64.2 Å². The molecule has 2 unspecified atom stereocenters. The van der Waals surface area contributed by atoms with Crippen molar-refractivity contribution in [3.05, 3.63) is 12.2 Å². The van der Waals surface area contributed by atoms with Gasteiger partial charge in [0.05, 0.1) is 6.17 Å². The Balaban J connectivity index is 1.88. The Morgan fingerprint density at radius 2 is 1.65 bits per heavy atom. The molecule has 3 nitrogen and oxygen atoms in total. The van der Waals surface area contributed by atoms with Crippen LogP contribution in [0.25, 0.3) is 0 Å². The van der Waals surface area contributed by atoms with Gasteiger partial charge in [-0.15, -0.1) is 0 Å². The number of aliphatic imine (C=N–C) groups is 1. The van der Waals surface area contributed by atoms with Crippen LogP contribution in [0.1, 0.15) is 90.9 Å². The Kier molecular flexibility index (Phi) is 12.2. The van der Waals surface area contributed by atoms with E-state index >= 15 is 0 Å². The predicted octanol–water partition coefficient (Wildman–Crippen LogP) is 5.26. The van der Waals surface area contributed by atoms with Crippen LogP contribution in [0.4, 0.5) is 0 Å². The Morgan fingerprint density at radius 3 is 2.30 bits per heavy atom. The largest absolute Gasteiger partial charge is 0.316 e. The fourth-order valence-corrected chi connectivity index (χ4v) is 3.20. The van der Waals surface area contributed by atoms with E-state index in [0.717, 1.165) is 19.4 Å². The van der Waals surface area contributed by atoms with Crippen LogP contribution in [-0.4, -0.2) is 30.0 Å². The number of nitrogens with zero attached hydrogens (tertiary/aromatic N) is 2. The van der Waals surface area contributed by atoms with Gasteiger partial charge in [0.25, 0.3) is 0 Å². The minimum atomic E-state index is 0.105. The Labute approximate surface area is 144 Å². The standard InChI is InChI=1S/C20H39N3/c1-3-4-5-6-7-8-9-10-11-12-13-14-15-16-20-22-17-18-23(20)19(2)21/h13-14,17,19-20H,3-12,15-16,18,21H2,1-2H3/b14-13+. The summed E-state index contributed by atoms with van der Waals surface area (Å²) >= 11 is 0. The van der Waals surface area contributed by atoms with Gasteiger partial charge in [0.15, 0.2) is 0 Å². The summed E-state index contributed by atoms with van der Waals surface area (Å²) in [6, 6.07) is 0. The van der Waals surface area contributed by atoms with Crippen LogP contribution in [0.2, 0.25) is 0 Å². The summed E-state index contributed by atoms with van der Waals surface area (Å²) in [6.45, 7) is 5.23. The topological polar surface area (TPSA) is 41.6 Å². The van der Waals surface area contributed by atoms with E-state index in [1.54, 1.807) is 0 Å². The van der Waals surface area contributed by atoms with Crippen molar-refractivity contribution in [2.75, 3.05) is 6.54 Å². The first-order valence-electron chi connectivity index (χ1n) is 9.93. The van der Waals surface area contributed by atoms with Crippen molar-refractivity contribution in [1.82, 2.24) is 4.90 Å². The molecule has 1 aliphatic rings. The normalized spacial score (nSPS) is 19.9. The van der Waals surface area contributed by atoms with Gasteiger partial charge < -0.3 is 5.73 Å². The summed E-state index contributed by atoms with van der Waals surface area (Å²) < 4.78 is 0. The van der Waals surface area contributed by atoms with E-state index in [9.17, 15) is 0 Å². The molecule has 23 heavy (non-hydrogen) atoms. The maximum atomic E-state index is 5.96. The molecule has 1 heterocycles. The molecule has 0 amide bonds. The first-order chi connectivity index (χ1) is 11.3. The van der Waals surface area contributed by atoms with Gasteiger partial charge in [-0.2, -0.15) is 0 Å². The van der Waals surface area contributed by atoms with Crippen LogP contribution in [0.3, 0.4) is 0 Å². The van der Waals surface area contributed by atoms with Gasteiger partial charge >= 0.3 is 0 Å². The lowest BCUT2D eigenvalue weighted by molar-refractivity contribution is 0.186. The molecule has 0 aliphatic carbocycles. The third kappa shape index (κ3) is 9.93. The number of unbranched alkanes of at least 4 members (excludes halogenated alkanes) is 9. The predicted molar refractivity (Wildman–Crippen MR) is 103 cm³/mol. The second-order valence-electron chi connectivity index (χ2n) is 6.92. The molecular weight excluding hydrogens is 282 g/mol. The molecule has 0 saturated heterocycles. The zero-order valence-corrected chi connectivity index (χ0v) is 15.6. The highest BCUT2D eigenvalue weighted by molar-refractivity contribution is 5.62. The summed E-state index contributed by atoms with van der Waals surface area (Å²) in [5.41, 5.74) is 5.96. The Hall–Kier alpha value is -0.670. The lowest BCUT2D eigenvalue weighted by atomic mass is 10.1. The molecule has 2 N–H and O–H groups in total. The Morgan fingerprint density at radius 1 is 1.04 bits per heavy atom. The van der Waals surface area contributed by atoms with Crippen LogP contribution >= 0.6 is 0 Å². The van der Waals surface area contributed by atoms with Crippen molar-refractivity contribution in [1.29, 1.82) is 0 Å². The molecule has 0 spiro atoms. The van der Waals surface area contributed by atoms with Crippen molar-refractivity contribution in [3.63, 3.8) is 0 Å². The summed E-state index contributed by atoms with van der Waals surface area (Å²) in [4.78, 5) is 6.78. The number of hydrogen-bond donors (Lipinski definition) is 1. The lowest BCUT2D eigenvalue weighted by Crippen LogP contribution is -2.43. The van der Waals surface area contributed by atoms with Crippen LogP contribution in [0, 0.1) is 0 Å². The van der Waals surface area contributed by atoms with Gasteiger partial charge in [-0.05, 0) is 32.6 Å². The van der Waals surface area contributed by atoms with E-state index in [0.29, 0.717) is 6.17 Å². The molecule has 1 aliphatic heterocycles. The number of hydrogen-bond acceptors (Lipinski definition) is 3. The van der Waals surface area contributed by atoms with Crippen molar-refractivity contribution in [2.45, 2.75) is 103 Å². The van der Waals surface area contributed by atoms with Gasteiger partial charge in [-0.1, -0.05) is 70.4 Å². The number of rotatable bonds is 14. The fraction of sp³-hybridized carbons (Fsp3) is 0.850. The third-order valence-corrected chi connectivity index (χ3v) is 4.71. The average molecular weight is 322 g/mol. The molecule has 0 radical (unpaired) electrons. The summed E-state index contributed by atoms with van der Waals surface area (Å²) in [6.07, 6.45) is 23.2. The monoisotopic (exact) mass is 321 g/mol. The SMILES string of the molecule is CCCCCCCCCCC/C=C/CCC1N=CCN1C(C)N. The van der Waals surface area contributed by atoms with Gasteiger partial charge in [-0.3, -0.25) is 9.89 Å². The van der Waals surface area contributed by atoms with E-state index in [2.05, 4.69) is 29.0 Å². The minimum Gasteiger partial charge on any atom is -0.316 e. The van der Waals surface area contributed by atoms with Crippen LogP contribution in [0.15, 0.2) is 17.1 Å². The minimum absolute atomic E-state index is 0.105. The highest BCUT2D eigenvalue weighted by Crippen LogP contribution is 2.15. The molecular formula is C20H39N3. The summed E-state index contributed by atoms with van der Waals surface area (Å²) in [7, 11) is 0. The second-order valence-corrected chi connectivity index (χ2v) is 6.92. The van der Waals surface area contributed by atoms with E-state index in [4.69, 9.17) is 5.73 Å². The molecule has 0 fully saturated rings. The highest BCUT2D eigenvalue weighted by Gasteiger charge is 2.22. The first-order valence-corrected chi connectivity index (χ1v) is 9.93. The first kappa shape index (κ1) is 20.4. The van der Waals surface area contributed by atoms with Crippen molar-refractivity contribution < 1.29 is 0 Å². The van der Waals surface area contributed by atoms with Gasteiger partial charge in [0.1, 0.15) is 6.17 Å². The smallest absolute Gasteiger partial charge is 0.103 e. The molecule has 2 atom stereocenters. The Bertz CT molecular complexity index is 323. The lowest BCUT2D eigenvalue weighted by Gasteiger charge is -2.26. The molecule has 0 aromatic carbocycles. The molecule has 0 bridgehead atoms. The van der Waals surface area contributed by atoms with Crippen molar-refractivity contribution in [2.24, 2.45) is 10.7 Å².